The lowest BCUT2D eigenvalue weighted by Crippen LogP contribution is -2.50. The van der Waals surface area contributed by atoms with Gasteiger partial charge in [0.25, 0.3) is 5.91 Å². The van der Waals surface area contributed by atoms with E-state index in [0.29, 0.717) is 25.4 Å². The van der Waals surface area contributed by atoms with Crippen LogP contribution >= 0.6 is 0 Å². The second-order valence-electron chi connectivity index (χ2n) is 11.1. The lowest BCUT2D eigenvalue weighted by Gasteiger charge is -2.29. The van der Waals surface area contributed by atoms with Gasteiger partial charge in [0.1, 0.15) is 18.3 Å². The molecule has 0 unspecified atom stereocenters. The van der Waals surface area contributed by atoms with E-state index in [4.69, 9.17) is 4.74 Å². The van der Waals surface area contributed by atoms with Gasteiger partial charge in [-0.15, -0.1) is 0 Å². The van der Waals surface area contributed by atoms with Crippen LogP contribution in [-0.4, -0.2) is 71.6 Å². The minimum absolute atomic E-state index is 0.00533. The van der Waals surface area contributed by atoms with Crippen LogP contribution in [0.15, 0.2) is 54.6 Å². The van der Waals surface area contributed by atoms with E-state index in [0.717, 1.165) is 11.1 Å². The monoisotopic (exact) mass is 521 g/mol. The van der Waals surface area contributed by atoms with Crippen LogP contribution in [0.5, 0.6) is 0 Å². The molecule has 3 amide bonds. The molecule has 7 nitrogen and oxygen atoms in total. The molecular formula is C30H36FN3O4. The van der Waals surface area contributed by atoms with E-state index in [1.807, 2.05) is 42.5 Å². The average Bonchev–Trinajstić information content (AvgIpc) is 3.60. The minimum atomic E-state index is -1.27. The standard InChI is InChI=1S/C30H36FN3O4/c1-18(2)20-9-11-22(12-10-20)28(21-7-5-4-6-8-21)32-29(36)25-14-24(31)16-34(25)30(37)26-13-23-15-33(19(3)35)17-27(23)38-26/h4-12,18,23-28H,13-17H2,1-3H3,(H,32,36)/t23-,24-,25+,26-,27+,28-/m1/s1. The van der Waals surface area contributed by atoms with Crippen LogP contribution in [-0.2, 0) is 19.1 Å². The number of likely N-dealkylation sites (tertiary alicyclic amines) is 2. The van der Waals surface area contributed by atoms with E-state index in [9.17, 15) is 18.8 Å². The van der Waals surface area contributed by atoms with Crippen LogP contribution in [0.2, 0.25) is 0 Å². The van der Waals surface area contributed by atoms with Gasteiger partial charge in [-0.1, -0.05) is 68.4 Å². The Kier molecular flexibility index (Phi) is 7.52. The van der Waals surface area contributed by atoms with Gasteiger partial charge in [-0.25, -0.2) is 4.39 Å². The van der Waals surface area contributed by atoms with Crippen LogP contribution in [0.25, 0.3) is 0 Å². The molecule has 0 spiro atoms. The summed E-state index contributed by atoms with van der Waals surface area (Å²) in [6.45, 7) is 6.70. The quantitative estimate of drug-likeness (QED) is 0.630. The molecule has 38 heavy (non-hydrogen) atoms. The third-order valence-electron chi connectivity index (χ3n) is 8.15. The van der Waals surface area contributed by atoms with Crippen molar-refractivity contribution in [3.63, 3.8) is 0 Å². The van der Waals surface area contributed by atoms with Crippen molar-refractivity contribution in [2.24, 2.45) is 5.92 Å². The van der Waals surface area contributed by atoms with Gasteiger partial charge in [0, 0.05) is 32.4 Å². The highest BCUT2D eigenvalue weighted by Crippen LogP contribution is 2.35. The lowest BCUT2D eigenvalue weighted by molar-refractivity contribution is -0.148. The summed E-state index contributed by atoms with van der Waals surface area (Å²) in [5.74, 6) is -0.251. The first kappa shape index (κ1) is 26.4. The maximum atomic E-state index is 14.6. The van der Waals surface area contributed by atoms with E-state index in [2.05, 4.69) is 31.3 Å². The van der Waals surface area contributed by atoms with Gasteiger partial charge >= 0.3 is 0 Å². The fourth-order valence-corrected chi connectivity index (χ4v) is 5.96. The molecule has 3 heterocycles. The fraction of sp³-hybridized carbons (Fsp3) is 0.500. The van der Waals surface area contributed by atoms with Gasteiger partial charge in [-0.2, -0.15) is 0 Å². The first-order chi connectivity index (χ1) is 18.2. The number of nitrogens with one attached hydrogen (secondary N) is 1. The van der Waals surface area contributed by atoms with Gasteiger partial charge in [0.05, 0.1) is 18.7 Å². The van der Waals surface area contributed by atoms with E-state index in [1.54, 1.807) is 4.90 Å². The Morgan fingerprint density at radius 3 is 2.21 bits per heavy atom. The van der Waals surface area contributed by atoms with Crippen molar-refractivity contribution in [2.75, 3.05) is 19.6 Å². The maximum absolute atomic E-state index is 14.6. The Morgan fingerprint density at radius 2 is 1.58 bits per heavy atom. The Hall–Kier alpha value is -3.26. The number of amides is 3. The third-order valence-corrected chi connectivity index (χ3v) is 8.15. The summed E-state index contributed by atoms with van der Waals surface area (Å²) in [7, 11) is 0. The van der Waals surface area contributed by atoms with E-state index < -0.39 is 24.4 Å². The van der Waals surface area contributed by atoms with Crippen LogP contribution in [0.3, 0.4) is 0 Å². The van der Waals surface area contributed by atoms with Crippen LogP contribution in [0.4, 0.5) is 4.39 Å². The van der Waals surface area contributed by atoms with Gasteiger partial charge in [0.15, 0.2) is 0 Å². The minimum Gasteiger partial charge on any atom is -0.363 e. The zero-order chi connectivity index (χ0) is 27.0. The number of halogens is 1. The topological polar surface area (TPSA) is 79.0 Å². The fourth-order valence-electron chi connectivity index (χ4n) is 5.96. The Labute approximate surface area is 223 Å². The molecule has 0 aliphatic carbocycles. The molecule has 0 aromatic heterocycles. The average molecular weight is 522 g/mol. The normalized spacial score (nSPS) is 27.4. The molecule has 0 radical (unpaired) electrons. The number of carbonyl (C=O) groups excluding carboxylic acids is 3. The predicted molar refractivity (Wildman–Crippen MR) is 141 cm³/mol. The van der Waals surface area contributed by atoms with Crippen LogP contribution < -0.4 is 5.32 Å². The third kappa shape index (κ3) is 5.32. The molecule has 6 atom stereocenters. The molecule has 5 rings (SSSR count). The van der Waals surface area contributed by atoms with Gasteiger partial charge < -0.3 is 19.9 Å². The summed E-state index contributed by atoms with van der Waals surface area (Å²) >= 11 is 0. The molecule has 2 aromatic carbocycles. The molecule has 2 aromatic rings. The molecule has 3 fully saturated rings. The number of benzene rings is 2. The molecule has 0 bridgehead atoms. The summed E-state index contributed by atoms with van der Waals surface area (Å²) in [6, 6.07) is 16.5. The maximum Gasteiger partial charge on any atom is 0.252 e. The number of hydrogen-bond acceptors (Lipinski definition) is 4. The van der Waals surface area contributed by atoms with Crippen molar-refractivity contribution in [1.29, 1.82) is 0 Å². The second-order valence-corrected chi connectivity index (χ2v) is 11.1. The molecule has 1 N–H and O–H groups in total. The Balaban J connectivity index is 1.31. The summed E-state index contributed by atoms with van der Waals surface area (Å²) in [5.41, 5.74) is 3.03. The number of alkyl halides is 1. The van der Waals surface area contributed by atoms with Crippen molar-refractivity contribution in [2.45, 2.75) is 70.0 Å². The number of rotatable bonds is 6. The second kappa shape index (κ2) is 10.8. The van der Waals surface area contributed by atoms with Crippen molar-refractivity contribution in [1.82, 2.24) is 15.1 Å². The van der Waals surface area contributed by atoms with Gasteiger partial charge in [-0.05, 0) is 29.0 Å². The highest BCUT2D eigenvalue weighted by Gasteiger charge is 2.49. The van der Waals surface area contributed by atoms with E-state index in [1.165, 1.54) is 17.4 Å². The molecular weight excluding hydrogens is 485 g/mol. The first-order valence-electron chi connectivity index (χ1n) is 13.5. The molecule has 202 valence electrons. The number of ether oxygens (including phenoxy) is 1. The van der Waals surface area contributed by atoms with Crippen molar-refractivity contribution >= 4 is 17.7 Å². The summed E-state index contributed by atoms with van der Waals surface area (Å²) in [4.78, 5) is 41.9. The summed E-state index contributed by atoms with van der Waals surface area (Å²) in [6.07, 6.45) is -1.75. The van der Waals surface area contributed by atoms with Crippen LogP contribution in [0.1, 0.15) is 62.3 Å². The lowest BCUT2D eigenvalue weighted by atomic mass is 9.95. The zero-order valence-corrected chi connectivity index (χ0v) is 22.2. The Morgan fingerprint density at radius 1 is 0.921 bits per heavy atom. The SMILES string of the molecule is CC(=O)N1C[C@H]2C[C@H](C(=O)N3C[C@H](F)C[C@H]3C(=O)N[C@H](c3ccccc3)c3ccc(C(C)C)cc3)O[C@H]2C1. The van der Waals surface area contributed by atoms with Crippen molar-refractivity contribution in [3.05, 3.63) is 71.3 Å². The largest absolute Gasteiger partial charge is 0.363 e. The molecule has 3 aliphatic heterocycles. The van der Waals surface area contributed by atoms with E-state index >= 15 is 0 Å². The number of fused-ring (bicyclic) bond motifs is 1. The first-order valence-corrected chi connectivity index (χ1v) is 13.5. The molecule has 8 heteroatoms. The molecule has 0 saturated carbocycles. The van der Waals surface area contributed by atoms with Crippen molar-refractivity contribution < 1.29 is 23.5 Å². The predicted octanol–water partition coefficient (Wildman–Crippen LogP) is 3.59. The number of carbonyl (C=O) groups is 3. The zero-order valence-electron chi connectivity index (χ0n) is 22.2. The highest BCUT2D eigenvalue weighted by atomic mass is 19.1. The number of nitrogens with zero attached hydrogens (tertiary/aromatic N) is 2. The van der Waals surface area contributed by atoms with Crippen molar-refractivity contribution in [3.8, 4) is 0 Å². The summed E-state index contributed by atoms with van der Waals surface area (Å²) < 4.78 is 20.7. The van der Waals surface area contributed by atoms with E-state index in [-0.39, 0.29) is 42.7 Å². The molecule has 3 saturated heterocycles. The summed E-state index contributed by atoms with van der Waals surface area (Å²) in [5, 5.41) is 3.11. The highest BCUT2D eigenvalue weighted by molar-refractivity contribution is 5.90. The molecule has 3 aliphatic rings. The van der Waals surface area contributed by atoms with Gasteiger partial charge in [-0.3, -0.25) is 14.4 Å². The number of hydrogen-bond donors (Lipinski definition) is 1. The van der Waals surface area contributed by atoms with Gasteiger partial charge in [0.2, 0.25) is 11.8 Å². The Bertz CT molecular complexity index is 1160. The smallest absolute Gasteiger partial charge is 0.252 e. The van der Waals surface area contributed by atoms with Crippen LogP contribution in [0, 0.1) is 5.92 Å².